The van der Waals surface area contributed by atoms with Crippen LogP contribution in [0.25, 0.3) is 0 Å². The molecule has 0 heterocycles. The highest BCUT2D eigenvalue weighted by atomic mass is 32.2. The van der Waals surface area contributed by atoms with E-state index < -0.39 is 10.0 Å². The summed E-state index contributed by atoms with van der Waals surface area (Å²) in [5.74, 6) is 0. The second-order valence-corrected chi connectivity index (χ2v) is 6.20. The Labute approximate surface area is 112 Å². The van der Waals surface area contributed by atoms with Crippen LogP contribution in [0.1, 0.15) is 19.3 Å². The van der Waals surface area contributed by atoms with Crippen molar-refractivity contribution >= 4 is 21.4 Å². The molecular weight excluding hydrogens is 264 g/mol. The molecule has 102 valence electrons. The van der Waals surface area contributed by atoms with Crippen LogP contribution in [0, 0.1) is 11.3 Å². The number of rotatable bonds is 5. The number of nitrogens with zero attached hydrogens (tertiary/aromatic N) is 2. The molecule has 1 fully saturated rings. The molecule has 1 aromatic rings. The topological polar surface area (TPSA) is 113 Å². The van der Waals surface area contributed by atoms with Gasteiger partial charge in [-0.05, 0) is 31.0 Å². The Morgan fingerprint density at radius 3 is 2.58 bits per heavy atom. The molecule has 1 saturated carbocycles. The molecular formula is C12H16N4O2S. The fraction of sp³-hybridized carbons (Fsp3) is 0.417. The predicted molar refractivity (Wildman–Crippen MR) is 72.8 cm³/mol. The fourth-order valence-electron chi connectivity index (χ4n) is 2.02. The highest BCUT2D eigenvalue weighted by Gasteiger charge is 2.29. The Morgan fingerprint density at radius 2 is 2.05 bits per heavy atom. The highest BCUT2D eigenvalue weighted by Crippen LogP contribution is 2.33. The van der Waals surface area contributed by atoms with Crippen molar-refractivity contribution in [1.29, 1.82) is 5.26 Å². The molecule has 0 unspecified atom stereocenters. The molecule has 0 atom stereocenters. The summed E-state index contributed by atoms with van der Waals surface area (Å²) in [6.07, 6.45) is 2.48. The van der Waals surface area contributed by atoms with Crippen LogP contribution in [0.4, 0.5) is 11.4 Å². The molecule has 0 aliphatic heterocycles. The first-order valence-electron chi connectivity index (χ1n) is 5.99. The van der Waals surface area contributed by atoms with Gasteiger partial charge >= 0.3 is 0 Å². The summed E-state index contributed by atoms with van der Waals surface area (Å²) in [5, 5.41) is 13.8. The van der Waals surface area contributed by atoms with Gasteiger partial charge in [0.25, 0.3) is 0 Å². The molecule has 19 heavy (non-hydrogen) atoms. The van der Waals surface area contributed by atoms with Gasteiger partial charge in [-0.1, -0.05) is 0 Å². The quantitative estimate of drug-likeness (QED) is 0.774. The lowest BCUT2D eigenvalue weighted by Crippen LogP contribution is -2.27. The number of nitrogen functional groups attached to an aromatic ring is 1. The normalized spacial score (nSPS) is 14.9. The molecule has 4 N–H and O–H groups in total. The van der Waals surface area contributed by atoms with Crippen molar-refractivity contribution in [2.75, 3.05) is 17.2 Å². The van der Waals surface area contributed by atoms with Crippen molar-refractivity contribution in [3.63, 3.8) is 0 Å². The summed E-state index contributed by atoms with van der Waals surface area (Å²) >= 11 is 0. The maximum Gasteiger partial charge on any atom is 0.238 e. The average molecular weight is 280 g/mol. The number of hydrogen-bond acceptors (Lipinski definition) is 5. The fourth-order valence-corrected chi connectivity index (χ4v) is 2.60. The molecule has 7 heteroatoms. The van der Waals surface area contributed by atoms with Gasteiger partial charge in [0.1, 0.15) is 0 Å². The Balaban J connectivity index is 2.37. The zero-order valence-corrected chi connectivity index (χ0v) is 11.2. The van der Waals surface area contributed by atoms with Crippen LogP contribution in [0.5, 0.6) is 0 Å². The maximum absolute atomic E-state index is 11.4. The van der Waals surface area contributed by atoms with Crippen LogP contribution in [0.3, 0.4) is 0 Å². The van der Waals surface area contributed by atoms with Crippen LogP contribution in [-0.2, 0) is 10.0 Å². The summed E-state index contributed by atoms with van der Waals surface area (Å²) < 4.78 is 22.8. The predicted octanol–water partition coefficient (Wildman–Crippen LogP) is 0.799. The number of benzene rings is 1. The molecule has 0 bridgehead atoms. The Hall–Kier alpha value is -1.78. The van der Waals surface area contributed by atoms with Gasteiger partial charge in [0.2, 0.25) is 10.0 Å². The van der Waals surface area contributed by atoms with Gasteiger partial charge in [0, 0.05) is 24.0 Å². The minimum atomic E-state index is -3.78. The second kappa shape index (κ2) is 5.07. The van der Waals surface area contributed by atoms with Crippen LogP contribution in [0.2, 0.25) is 0 Å². The van der Waals surface area contributed by atoms with Gasteiger partial charge in [-0.15, -0.1) is 0 Å². The number of nitriles is 1. The molecule has 0 saturated heterocycles. The van der Waals surface area contributed by atoms with E-state index in [1.807, 2.05) is 4.90 Å². The molecule has 0 radical (unpaired) electrons. The van der Waals surface area contributed by atoms with Crippen LogP contribution in [0.15, 0.2) is 23.1 Å². The molecule has 0 spiro atoms. The highest BCUT2D eigenvalue weighted by molar-refractivity contribution is 7.89. The molecule has 0 amide bonds. The first kappa shape index (κ1) is 13.6. The number of sulfonamides is 1. The first-order chi connectivity index (χ1) is 8.91. The standard InChI is InChI=1S/C12H16N4O2S/c13-4-1-5-16(10-2-3-10)11-6-9(14)7-12(8-11)19(15,17)18/h6-8,10H,1-3,5,14H2,(H2,15,17,18). The lowest BCUT2D eigenvalue weighted by Gasteiger charge is -2.24. The van der Waals surface area contributed by atoms with Crippen LogP contribution < -0.4 is 15.8 Å². The van der Waals surface area contributed by atoms with E-state index in [0.29, 0.717) is 30.4 Å². The van der Waals surface area contributed by atoms with Gasteiger partial charge in [0.05, 0.1) is 17.4 Å². The minimum Gasteiger partial charge on any atom is -0.399 e. The first-order valence-corrected chi connectivity index (χ1v) is 7.53. The van der Waals surface area contributed by atoms with Crippen molar-refractivity contribution in [3.8, 4) is 6.07 Å². The monoisotopic (exact) mass is 280 g/mol. The largest absolute Gasteiger partial charge is 0.399 e. The lowest BCUT2D eigenvalue weighted by molar-refractivity contribution is 0.597. The molecule has 1 aliphatic rings. The molecule has 1 aliphatic carbocycles. The van der Waals surface area contributed by atoms with Crippen LogP contribution >= 0.6 is 0 Å². The summed E-state index contributed by atoms with van der Waals surface area (Å²) in [4.78, 5) is 2.03. The summed E-state index contributed by atoms with van der Waals surface area (Å²) in [7, 11) is -3.78. The summed E-state index contributed by atoms with van der Waals surface area (Å²) in [6, 6.07) is 7.03. The smallest absolute Gasteiger partial charge is 0.238 e. The van der Waals surface area contributed by atoms with E-state index in [4.69, 9.17) is 16.1 Å². The zero-order chi connectivity index (χ0) is 14.0. The molecule has 6 nitrogen and oxygen atoms in total. The summed E-state index contributed by atoms with van der Waals surface area (Å²) in [6.45, 7) is 0.564. The molecule has 0 aromatic heterocycles. The van der Waals surface area contributed by atoms with Crippen LogP contribution in [-0.4, -0.2) is 21.0 Å². The Kier molecular flexibility index (Phi) is 3.64. The van der Waals surface area contributed by atoms with E-state index in [0.717, 1.165) is 12.8 Å². The maximum atomic E-state index is 11.4. The SMILES string of the molecule is N#CCCN(c1cc(N)cc(S(N)(=O)=O)c1)C1CC1. The molecule has 1 aromatic carbocycles. The van der Waals surface area contributed by atoms with E-state index >= 15 is 0 Å². The number of hydrogen-bond donors (Lipinski definition) is 2. The van der Waals surface area contributed by atoms with E-state index in [1.54, 1.807) is 6.07 Å². The Morgan fingerprint density at radius 1 is 1.37 bits per heavy atom. The third-order valence-electron chi connectivity index (χ3n) is 3.03. The van der Waals surface area contributed by atoms with Crippen molar-refractivity contribution in [2.45, 2.75) is 30.2 Å². The third kappa shape index (κ3) is 3.36. The van der Waals surface area contributed by atoms with Gasteiger partial charge in [0.15, 0.2) is 0 Å². The number of anilines is 2. The minimum absolute atomic E-state index is 0.00473. The van der Waals surface area contributed by atoms with Crippen molar-refractivity contribution in [1.82, 2.24) is 0 Å². The van der Waals surface area contributed by atoms with Gasteiger partial charge in [-0.25, -0.2) is 13.6 Å². The third-order valence-corrected chi connectivity index (χ3v) is 3.92. The molecule has 2 rings (SSSR count). The van der Waals surface area contributed by atoms with Gasteiger partial charge in [-0.3, -0.25) is 0 Å². The second-order valence-electron chi connectivity index (χ2n) is 4.64. The zero-order valence-electron chi connectivity index (χ0n) is 10.4. The van der Waals surface area contributed by atoms with Gasteiger partial charge in [-0.2, -0.15) is 5.26 Å². The van der Waals surface area contributed by atoms with Crippen molar-refractivity contribution in [3.05, 3.63) is 18.2 Å². The van der Waals surface area contributed by atoms with Crippen molar-refractivity contribution in [2.24, 2.45) is 5.14 Å². The number of nitrogens with two attached hydrogens (primary N) is 2. The van der Waals surface area contributed by atoms with E-state index in [9.17, 15) is 8.42 Å². The van der Waals surface area contributed by atoms with E-state index in [1.165, 1.54) is 12.1 Å². The average Bonchev–Trinajstić information content (AvgIpc) is 3.12. The van der Waals surface area contributed by atoms with Gasteiger partial charge < -0.3 is 10.6 Å². The Bertz CT molecular complexity index is 617. The lowest BCUT2D eigenvalue weighted by atomic mass is 10.2. The number of primary sulfonamides is 1. The van der Waals surface area contributed by atoms with E-state index in [2.05, 4.69) is 6.07 Å². The van der Waals surface area contributed by atoms with E-state index in [-0.39, 0.29) is 4.90 Å². The van der Waals surface area contributed by atoms with Crippen molar-refractivity contribution < 1.29 is 8.42 Å². The summed E-state index contributed by atoms with van der Waals surface area (Å²) in [5.41, 5.74) is 6.79.